The van der Waals surface area contributed by atoms with Gasteiger partial charge in [0.05, 0.1) is 0 Å². The fraction of sp³-hybridized carbons (Fsp3) is 0.316. The van der Waals surface area contributed by atoms with E-state index in [0.717, 1.165) is 30.0 Å². The van der Waals surface area contributed by atoms with Crippen LogP contribution in [0.5, 0.6) is 0 Å². The summed E-state index contributed by atoms with van der Waals surface area (Å²) in [4.78, 5) is 9.52. The number of benzene rings is 1. The van der Waals surface area contributed by atoms with Crippen LogP contribution in [0.1, 0.15) is 17.5 Å². The van der Waals surface area contributed by atoms with E-state index >= 15 is 0 Å². The fourth-order valence-electron chi connectivity index (χ4n) is 3.44. The van der Waals surface area contributed by atoms with Crippen LogP contribution in [0.4, 0.5) is 5.82 Å². The summed E-state index contributed by atoms with van der Waals surface area (Å²) in [5, 5.41) is 0. The average molecular weight is 289 g/mol. The Kier molecular flexibility index (Phi) is 3.32. The van der Waals surface area contributed by atoms with Crippen molar-refractivity contribution in [2.75, 3.05) is 25.0 Å². The molecule has 3 heterocycles. The Morgan fingerprint density at radius 1 is 0.955 bits per heavy atom. The van der Waals surface area contributed by atoms with E-state index in [1.54, 1.807) is 0 Å². The number of nitrogens with zero attached hydrogens (tertiary/aromatic N) is 3. The summed E-state index contributed by atoms with van der Waals surface area (Å²) in [6.07, 6.45) is 3.16. The molecule has 110 valence electrons. The van der Waals surface area contributed by atoms with E-state index in [-0.39, 0.29) is 0 Å². The number of aromatic nitrogens is 1. The predicted molar refractivity (Wildman–Crippen MR) is 88.8 cm³/mol. The Labute approximate surface area is 131 Å². The molecule has 1 aromatic carbocycles. The van der Waals surface area contributed by atoms with Crippen molar-refractivity contribution >= 4 is 5.82 Å². The van der Waals surface area contributed by atoms with Crippen molar-refractivity contribution in [2.45, 2.75) is 18.5 Å². The van der Waals surface area contributed by atoms with Crippen LogP contribution in [0.25, 0.3) is 0 Å². The summed E-state index contributed by atoms with van der Waals surface area (Å²) < 4.78 is 0. The quantitative estimate of drug-likeness (QED) is 0.751. The number of anilines is 1. The summed E-state index contributed by atoms with van der Waals surface area (Å²) in [5.41, 5.74) is 2.00. The van der Waals surface area contributed by atoms with Crippen molar-refractivity contribution in [2.24, 2.45) is 0 Å². The number of piperazine rings is 1. The first-order chi connectivity index (χ1) is 10.8. The molecule has 0 saturated carbocycles. The number of fused-ring (bicyclic) bond motifs is 2. The molecule has 2 atom stereocenters. The smallest absolute Gasteiger partial charge is 0.128 e. The second-order valence-corrected chi connectivity index (χ2v) is 6.16. The minimum Gasteiger partial charge on any atom is -0.351 e. The van der Waals surface area contributed by atoms with Crippen molar-refractivity contribution in [3.8, 4) is 11.8 Å². The molecule has 2 bridgehead atoms. The maximum atomic E-state index is 4.62. The molecule has 0 aliphatic carbocycles. The zero-order chi connectivity index (χ0) is 14.9. The van der Waals surface area contributed by atoms with Crippen molar-refractivity contribution in [3.63, 3.8) is 0 Å². The molecular weight excluding hydrogens is 270 g/mol. The van der Waals surface area contributed by atoms with Gasteiger partial charge in [-0.1, -0.05) is 30.0 Å². The van der Waals surface area contributed by atoms with Gasteiger partial charge in [0.15, 0.2) is 0 Å². The third-order valence-electron chi connectivity index (χ3n) is 4.68. The van der Waals surface area contributed by atoms with Crippen LogP contribution >= 0.6 is 0 Å². The number of pyridine rings is 1. The van der Waals surface area contributed by atoms with Crippen molar-refractivity contribution in [3.05, 3.63) is 59.8 Å². The molecule has 0 radical (unpaired) electrons. The zero-order valence-electron chi connectivity index (χ0n) is 12.7. The third-order valence-corrected chi connectivity index (χ3v) is 4.68. The van der Waals surface area contributed by atoms with Crippen LogP contribution in [-0.4, -0.2) is 42.1 Å². The van der Waals surface area contributed by atoms with E-state index in [2.05, 4.69) is 45.8 Å². The number of likely N-dealkylation sites (N-methyl/N-ethyl adjacent to an activating group) is 1. The molecule has 22 heavy (non-hydrogen) atoms. The maximum Gasteiger partial charge on any atom is 0.128 e. The summed E-state index contributed by atoms with van der Waals surface area (Å²) in [7, 11) is 2.22. The van der Waals surface area contributed by atoms with Gasteiger partial charge in [-0.3, -0.25) is 4.90 Å². The topological polar surface area (TPSA) is 19.4 Å². The Morgan fingerprint density at radius 3 is 2.41 bits per heavy atom. The second kappa shape index (κ2) is 5.47. The highest BCUT2D eigenvalue weighted by molar-refractivity contribution is 5.48. The SMILES string of the molecule is CN1C[C@@H]2C[C@H]1CN2c1ccc(C#Cc2ccccc2)cn1. The summed E-state index contributed by atoms with van der Waals surface area (Å²) in [5.74, 6) is 7.44. The highest BCUT2D eigenvalue weighted by Gasteiger charge is 2.41. The highest BCUT2D eigenvalue weighted by Crippen LogP contribution is 2.32. The van der Waals surface area contributed by atoms with Crippen LogP contribution in [0, 0.1) is 11.8 Å². The number of hydrogen-bond acceptors (Lipinski definition) is 3. The minimum absolute atomic E-state index is 0.628. The lowest BCUT2D eigenvalue weighted by Crippen LogP contribution is -2.44. The molecule has 2 aliphatic rings. The van der Waals surface area contributed by atoms with E-state index in [1.807, 2.05) is 36.5 Å². The van der Waals surface area contributed by atoms with E-state index in [9.17, 15) is 0 Å². The molecule has 0 unspecified atom stereocenters. The van der Waals surface area contributed by atoms with Crippen LogP contribution < -0.4 is 4.90 Å². The van der Waals surface area contributed by atoms with E-state index < -0.39 is 0 Å². The monoisotopic (exact) mass is 289 g/mol. The summed E-state index contributed by atoms with van der Waals surface area (Å²) in [6, 6.07) is 15.6. The zero-order valence-corrected chi connectivity index (χ0v) is 12.7. The lowest BCUT2D eigenvalue weighted by Gasteiger charge is -2.32. The van der Waals surface area contributed by atoms with E-state index in [4.69, 9.17) is 0 Å². The van der Waals surface area contributed by atoms with Crippen molar-refractivity contribution in [1.29, 1.82) is 0 Å². The van der Waals surface area contributed by atoms with Crippen LogP contribution in [0.15, 0.2) is 48.7 Å². The highest BCUT2D eigenvalue weighted by atomic mass is 15.4. The predicted octanol–water partition coefficient (Wildman–Crippen LogP) is 2.37. The molecule has 1 aromatic heterocycles. The Morgan fingerprint density at radius 2 is 1.77 bits per heavy atom. The molecular formula is C19H19N3. The van der Waals surface area contributed by atoms with Gasteiger partial charge < -0.3 is 4.90 Å². The fourth-order valence-corrected chi connectivity index (χ4v) is 3.44. The molecule has 2 saturated heterocycles. The van der Waals surface area contributed by atoms with Crippen LogP contribution in [-0.2, 0) is 0 Å². The largest absolute Gasteiger partial charge is 0.351 e. The molecule has 2 aliphatic heterocycles. The summed E-state index contributed by atoms with van der Waals surface area (Å²) >= 11 is 0. The molecule has 3 heteroatoms. The van der Waals surface area contributed by atoms with Gasteiger partial charge in [-0.05, 0) is 37.7 Å². The normalized spacial score (nSPS) is 23.4. The third kappa shape index (κ3) is 2.47. The minimum atomic E-state index is 0.628. The standard InChI is InChI=1S/C19H19N3/c1-21-13-18-11-17(21)14-22(18)19-10-9-16(12-20-19)8-7-15-5-3-2-4-6-15/h2-6,9-10,12,17-18H,11,13-14H2,1H3/t17-,18-/m0/s1. The van der Waals surface area contributed by atoms with Gasteiger partial charge in [0.2, 0.25) is 0 Å². The lowest BCUT2D eigenvalue weighted by atomic mass is 10.2. The van der Waals surface area contributed by atoms with Gasteiger partial charge in [0.25, 0.3) is 0 Å². The van der Waals surface area contributed by atoms with E-state index in [1.165, 1.54) is 6.42 Å². The number of likely N-dealkylation sites (tertiary alicyclic amines) is 1. The van der Waals surface area contributed by atoms with Crippen molar-refractivity contribution < 1.29 is 0 Å². The average Bonchev–Trinajstić information content (AvgIpc) is 3.14. The van der Waals surface area contributed by atoms with Crippen molar-refractivity contribution in [1.82, 2.24) is 9.88 Å². The molecule has 0 N–H and O–H groups in total. The lowest BCUT2D eigenvalue weighted by molar-refractivity contribution is 0.292. The molecule has 2 aromatic rings. The van der Waals surface area contributed by atoms with Gasteiger partial charge >= 0.3 is 0 Å². The van der Waals surface area contributed by atoms with Gasteiger partial charge in [0, 0.05) is 42.5 Å². The van der Waals surface area contributed by atoms with E-state index in [0.29, 0.717) is 12.1 Å². The second-order valence-electron chi connectivity index (χ2n) is 6.16. The summed E-state index contributed by atoms with van der Waals surface area (Å²) in [6.45, 7) is 2.26. The molecule has 0 amide bonds. The first kappa shape index (κ1) is 13.4. The van der Waals surface area contributed by atoms with Gasteiger partial charge in [-0.2, -0.15) is 0 Å². The number of rotatable bonds is 1. The molecule has 3 nitrogen and oxygen atoms in total. The van der Waals surface area contributed by atoms with Crippen LogP contribution in [0.2, 0.25) is 0 Å². The first-order valence-corrected chi connectivity index (χ1v) is 7.79. The molecule has 0 spiro atoms. The first-order valence-electron chi connectivity index (χ1n) is 7.79. The number of hydrogen-bond donors (Lipinski definition) is 0. The van der Waals surface area contributed by atoms with Crippen LogP contribution in [0.3, 0.4) is 0 Å². The maximum absolute atomic E-state index is 4.62. The Balaban J connectivity index is 1.49. The Bertz CT molecular complexity index is 710. The Hall–Kier alpha value is -2.31. The van der Waals surface area contributed by atoms with Gasteiger partial charge in [-0.25, -0.2) is 4.98 Å². The van der Waals surface area contributed by atoms with Gasteiger partial charge in [-0.15, -0.1) is 0 Å². The van der Waals surface area contributed by atoms with Gasteiger partial charge in [0.1, 0.15) is 5.82 Å². The molecule has 2 fully saturated rings. The molecule has 4 rings (SSSR count).